The third-order valence-corrected chi connectivity index (χ3v) is 11.8. The molecular formula is C48H97NO5. The van der Waals surface area contributed by atoms with Crippen molar-refractivity contribution >= 4 is 5.91 Å². The number of aliphatic hydroxyl groups is 4. The monoisotopic (exact) mass is 768 g/mol. The van der Waals surface area contributed by atoms with Crippen LogP contribution in [-0.2, 0) is 4.79 Å². The first-order valence-corrected chi connectivity index (χ1v) is 24.4. The summed E-state index contributed by atoms with van der Waals surface area (Å²) in [4.78, 5) is 12.4. The summed E-state index contributed by atoms with van der Waals surface area (Å²) < 4.78 is 0. The van der Waals surface area contributed by atoms with Crippen LogP contribution in [0.4, 0.5) is 0 Å². The summed E-state index contributed by atoms with van der Waals surface area (Å²) in [5.41, 5.74) is 0. The summed E-state index contributed by atoms with van der Waals surface area (Å²) in [6, 6.07) is -0.976. The molecular weight excluding hydrogens is 671 g/mol. The van der Waals surface area contributed by atoms with Crippen LogP contribution in [0.15, 0.2) is 0 Å². The van der Waals surface area contributed by atoms with Gasteiger partial charge in [-0.1, -0.05) is 258 Å². The van der Waals surface area contributed by atoms with Crippen LogP contribution in [0.25, 0.3) is 0 Å². The molecule has 0 aliphatic carbocycles. The first-order chi connectivity index (χ1) is 26.5. The average molecular weight is 768 g/mol. The Balaban J connectivity index is 3.37. The highest BCUT2D eigenvalue weighted by atomic mass is 16.3. The minimum absolute atomic E-state index is 0.374. The maximum Gasteiger partial charge on any atom is 0.249 e. The minimum Gasteiger partial charge on any atom is -0.394 e. The Bertz CT molecular complexity index is 736. The number of carbonyl (C=O) groups is 1. The lowest BCUT2D eigenvalue weighted by atomic mass is 9.99. The van der Waals surface area contributed by atoms with Crippen molar-refractivity contribution < 1.29 is 25.2 Å². The molecule has 0 saturated carbocycles. The molecule has 54 heavy (non-hydrogen) atoms. The van der Waals surface area contributed by atoms with Crippen molar-refractivity contribution in [3.05, 3.63) is 0 Å². The standard InChI is InChI=1S/C48H97NO5/c1-3-5-7-9-10-11-12-13-14-15-16-17-18-19-20-21-22-23-24-25-26-27-28-29-30-31-32-33-34-35-36-37-38-40-42-46(52)48(54)49-44(43-50)47(53)45(51)41-39-8-6-4-2/h44-47,50-53H,3-43H2,1-2H3,(H,49,54). The number of aliphatic hydroxyl groups excluding tert-OH is 4. The van der Waals surface area contributed by atoms with Gasteiger partial charge in [0.25, 0.3) is 0 Å². The van der Waals surface area contributed by atoms with E-state index in [1.165, 1.54) is 199 Å². The van der Waals surface area contributed by atoms with Crippen LogP contribution >= 0.6 is 0 Å². The number of nitrogens with one attached hydrogen (secondary N) is 1. The third kappa shape index (κ3) is 36.9. The van der Waals surface area contributed by atoms with Gasteiger partial charge in [-0.05, 0) is 12.8 Å². The molecule has 6 heteroatoms. The largest absolute Gasteiger partial charge is 0.394 e. The quantitative estimate of drug-likeness (QED) is 0.0396. The Morgan fingerprint density at radius 3 is 0.907 bits per heavy atom. The molecule has 0 aliphatic rings. The van der Waals surface area contributed by atoms with E-state index in [2.05, 4.69) is 19.2 Å². The highest BCUT2D eigenvalue weighted by molar-refractivity contribution is 5.80. The zero-order chi connectivity index (χ0) is 39.6. The van der Waals surface area contributed by atoms with E-state index in [1.54, 1.807) is 0 Å². The Hall–Kier alpha value is -0.690. The normalized spacial score (nSPS) is 14.0. The fourth-order valence-electron chi connectivity index (χ4n) is 7.94. The Morgan fingerprint density at radius 2 is 0.630 bits per heavy atom. The highest BCUT2D eigenvalue weighted by Gasteiger charge is 2.28. The molecule has 0 bridgehead atoms. The molecule has 6 nitrogen and oxygen atoms in total. The molecule has 0 saturated heterocycles. The van der Waals surface area contributed by atoms with Crippen LogP contribution in [0.5, 0.6) is 0 Å². The molecule has 0 fully saturated rings. The van der Waals surface area contributed by atoms with Gasteiger partial charge >= 0.3 is 0 Å². The summed E-state index contributed by atoms with van der Waals surface area (Å²) in [7, 11) is 0. The summed E-state index contributed by atoms with van der Waals surface area (Å²) >= 11 is 0. The number of unbranched alkanes of at least 4 members (excludes halogenated alkanes) is 36. The van der Waals surface area contributed by atoms with E-state index < -0.39 is 36.9 Å². The van der Waals surface area contributed by atoms with Crippen molar-refractivity contribution in [2.75, 3.05) is 6.61 Å². The molecule has 0 radical (unpaired) electrons. The fraction of sp³-hybridized carbons (Fsp3) is 0.979. The van der Waals surface area contributed by atoms with E-state index in [0.717, 1.165) is 44.9 Å². The molecule has 324 valence electrons. The Kier molecular flexibility index (Phi) is 42.9. The minimum atomic E-state index is -1.25. The van der Waals surface area contributed by atoms with Crippen LogP contribution in [0.3, 0.4) is 0 Å². The average Bonchev–Trinajstić information content (AvgIpc) is 3.18. The first-order valence-electron chi connectivity index (χ1n) is 24.4. The van der Waals surface area contributed by atoms with Crippen LogP contribution in [0.1, 0.15) is 271 Å². The van der Waals surface area contributed by atoms with Crippen molar-refractivity contribution in [1.82, 2.24) is 5.32 Å². The molecule has 0 spiro atoms. The second-order valence-electron chi connectivity index (χ2n) is 17.2. The predicted octanol–water partition coefficient (Wildman–Crippen LogP) is 13.2. The van der Waals surface area contributed by atoms with Crippen LogP contribution in [0, 0.1) is 0 Å². The van der Waals surface area contributed by atoms with Crippen molar-refractivity contribution in [2.24, 2.45) is 0 Å². The maximum atomic E-state index is 12.4. The number of hydrogen-bond donors (Lipinski definition) is 5. The highest BCUT2D eigenvalue weighted by Crippen LogP contribution is 2.18. The van der Waals surface area contributed by atoms with Gasteiger partial charge in [-0.3, -0.25) is 4.79 Å². The van der Waals surface area contributed by atoms with Gasteiger partial charge in [0.05, 0.1) is 18.8 Å². The third-order valence-electron chi connectivity index (χ3n) is 11.8. The Morgan fingerprint density at radius 1 is 0.389 bits per heavy atom. The lowest BCUT2D eigenvalue weighted by Gasteiger charge is -2.27. The molecule has 4 atom stereocenters. The molecule has 1 amide bonds. The maximum absolute atomic E-state index is 12.4. The summed E-state index contributed by atoms with van der Waals surface area (Å²) in [6.45, 7) is 3.93. The summed E-state index contributed by atoms with van der Waals surface area (Å²) in [5, 5.41) is 43.0. The Labute approximate surface area is 337 Å². The van der Waals surface area contributed by atoms with E-state index in [9.17, 15) is 25.2 Å². The topological polar surface area (TPSA) is 110 Å². The lowest BCUT2D eigenvalue weighted by Crippen LogP contribution is -2.53. The smallest absolute Gasteiger partial charge is 0.249 e. The molecule has 0 rings (SSSR count). The molecule has 0 heterocycles. The van der Waals surface area contributed by atoms with E-state index in [-0.39, 0.29) is 0 Å². The zero-order valence-electron chi connectivity index (χ0n) is 36.5. The van der Waals surface area contributed by atoms with E-state index in [1.807, 2.05) is 0 Å². The van der Waals surface area contributed by atoms with E-state index in [4.69, 9.17) is 0 Å². The molecule has 0 aliphatic heterocycles. The molecule has 0 aromatic heterocycles. The van der Waals surface area contributed by atoms with Gasteiger partial charge in [0.2, 0.25) is 5.91 Å². The molecule has 5 N–H and O–H groups in total. The van der Waals surface area contributed by atoms with Gasteiger partial charge in [-0.25, -0.2) is 0 Å². The van der Waals surface area contributed by atoms with Crippen LogP contribution < -0.4 is 5.32 Å². The SMILES string of the molecule is CCCCCCCCCCCCCCCCCCCCCCCCCCCCCCCCCCCCC(O)C(=O)NC(CO)C(O)C(O)CCCCCC. The first kappa shape index (κ1) is 53.3. The van der Waals surface area contributed by atoms with E-state index in [0.29, 0.717) is 12.8 Å². The van der Waals surface area contributed by atoms with Crippen molar-refractivity contribution in [1.29, 1.82) is 0 Å². The second kappa shape index (κ2) is 43.4. The summed E-state index contributed by atoms with van der Waals surface area (Å²) in [5.74, 6) is -0.586. The van der Waals surface area contributed by atoms with Gasteiger partial charge < -0.3 is 25.7 Å². The molecule has 4 unspecified atom stereocenters. The number of rotatable bonds is 45. The van der Waals surface area contributed by atoms with Crippen LogP contribution in [-0.4, -0.2) is 57.3 Å². The summed E-state index contributed by atoms with van der Waals surface area (Å²) in [6.07, 6.45) is 48.2. The van der Waals surface area contributed by atoms with Crippen molar-refractivity contribution in [3.63, 3.8) is 0 Å². The van der Waals surface area contributed by atoms with Crippen LogP contribution in [0.2, 0.25) is 0 Å². The predicted molar refractivity (Wildman–Crippen MR) is 233 cm³/mol. The fourth-order valence-corrected chi connectivity index (χ4v) is 7.94. The van der Waals surface area contributed by atoms with E-state index >= 15 is 0 Å². The van der Waals surface area contributed by atoms with Gasteiger partial charge in [0.15, 0.2) is 0 Å². The van der Waals surface area contributed by atoms with Gasteiger partial charge in [0.1, 0.15) is 12.2 Å². The van der Waals surface area contributed by atoms with Crippen molar-refractivity contribution in [3.8, 4) is 0 Å². The second-order valence-corrected chi connectivity index (χ2v) is 17.2. The molecule has 0 aromatic rings. The van der Waals surface area contributed by atoms with Crippen molar-refractivity contribution in [2.45, 2.75) is 295 Å². The zero-order valence-corrected chi connectivity index (χ0v) is 36.5. The lowest BCUT2D eigenvalue weighted by molar-refractivity contribution is -0.132. The number of carbonyl (C=O) groups excluding carboxylic acids is 1. The van der Waals surface area contributed by atoms with Gasteiger partial charge in [-0.15, -0.1) is 0 Å². The molecule has 0 aromatic carbocycles. The van der Waals surface area contributed by atoms with Gasteiger partial charge in [0, 0.05) is 0 Å². The van der Waals surface area contributed by atoms with Gasteiger partial charge in [-0.2, -0.15) is 0 Å². The number of amides is 1. The number of hydrogen-bond acceptors (Lipinski definition) is 5.